The van der Waals surface area contributed by atoms with E-state index in [1.165, 1.54) is 12.7 Å². The van der Waals surface area contributed by atoms with Crippen molar-refractivity contribution in [3.63, 3.8) is 0 Å². The van der Waals surface area contributed by atoms with Gasteiger partial charge in [-0.05, 0) is 57.4 Å². The smallest absolute Gasteiger partial charge is 0.309 e. The molecule has 1 aliphatic heterocycles. The number of likely N-dealkylation sites (tertiary alicyclic amines) is 1. The van der Waals surface area contributed by atoms with Gasteiger partial charge < -0.3 is 14.7 Å². The highest BCUT2D eigenvalue weighted by molar-refractivity contribution is 5.82. The summed E-state index contributed by atoms with van der Waals surface area (Å²) < 4.78 is 5.21. The van der Waals surface area contributed by atoms with E-state index in [2.05, 4.69) is 11.9 Å². The lowest BCUT2D eigenvalue weighted by Gasteiger charge is -2.56. The number of allylic oxidation sites excluding steroid dienone is 1. The standard InChI is InChI=1S/C23H33NO4/c1-4-18(26)16-10-23(12-25)17-8-6-13-5-7-14-15(21(27)28-3)9-22(23,19(13)14)11-24(2)20(16)17/h14-17,20,25H,4-12H2,1-3H3. The highest BCUT2D eigenvalue weighted by atomic mass is 16.5. The van der Waals surface area contributed by atoms with Crippen LogP contribution in [-0.2, 0) is 14.3 Å². The van der Waals surface area contributed by atoms with Crippen LogP contribution in [-0.4, -0.2) is 55.1 Å². The quantitative estimate of drug-likeness (QED) is 0.593. The molecular formula is C23H33NO4. The lowest BCUT2D eigenvalue weighted by Crippen LogP contribution is -2.60. The largest absolute Gasteiger partial charge is 0.469 e. The van der Waals surface area contributed by atoms with Crippen LogP contribution < -0.4 is 0 Å². The molecule has 4 aliphatic carbocycles. The number of hydrogen-bond acceptors (Lipinski definition) is 5. The van der Waals surface area contributed by atoms with Crippen molar-refractivity contribution in [2.45, 2.75) is 57.9 Å². The van der Waals surface area contributed by atoms with Crippen LogP contribution in [0.15, 0.2) is 11.1 Å². The lowest BCUT2D eigenvalue weighted by atomic mass is 9.53. The second kappa shape index (κ2) is 6.15. The third-order valence-electron chi connectivity index (χ3n) is 9.48. The molecule has 1 N–H and O–H groups in total. The Hall–Kier alpha value is -1.20. The van der Waals surface area contributed by atoms with Gasteiger partial charge in [0.05, 0.1) is 13.0 Å². The molecule has 5 heteroatoms. The summed E-state index contributed by atoms with van der Waals surface area (Å²) in [5.74, 6) is 0.787. The first-order chi connectivity index (χ1) is 13.4. The van der Waals surface area contributed by atoms with Gasteiger partial charge in [-0.15, -0.1) is 0 Å². The summed E-state index contributed by atoms with van der Waals surface area (Å²) in [5, 5.41) is 10.9. The number of methoxy groups -OCH3 is 1. The minimum absolute atomic E-state index is 0.0192. The second-order valence-corrected chi connectivity index (χ2v) is 10.1. The molecule has 7 atom stereocenters. The molecule has 1 saturated heterocycles. The molecule has 1 spiro atoms. The number of aliphatic hydroxyl groups is 1. The van der Waals surface area contributed by atoms with Crippen molar-refractivity contribution in [2.24, 2.45) is 34.5 Å². The molecule has 5 rings (SSSR count). The maximum atomic E-state index is 12.9. The number of piperidine rings is 1. The summed E-state index contributed by atoms with van der Waals surface area (Å²) in [7, 11) is 3.67. The van der Waals surface area contributed by atoms with Crippen LogP contribution in [0.3, 0.4) is 0 Å². The van der Waals surface area contributed by atoms with Crippen LogP contribution in [0.1, 0.15) is 51.9 Å². The number of ketones is 1. The Morgan fingerprint density at radius 3 is 2.64 bits per heavy atom. The number of carbonyl (C=O) groups excluding carboxylic acids is 2. The Kier molecular flexibility index (Phi) is 4.13. The normalized spacial score (nSPS) is 46.5. The highest BCUT2D eigenvalue weighted by Gasteiger charge is 2.73. The average molecular weight is 388 g/mol. The molecule has 0 aromatic heterocycles. The van der Waals surface area contributed by atoms with Gasteiger partial charge in [0.25, 0.3) is 0 Å². The number of aliphatic hydroxyl groups excluding tert-OH is 1. The number of rotatable bonds is 4. The maximum absolute atomic E-state index is 12.9. The predicted octanol–water partition coefficient (Wildman–Crippen LogP) is 2.57. The van der Waals surface area contributed by atoms with Crippen LogP contribution >= 0.6 is 0 Å². The molecule has 1 heterocycles. The molecule has 4 bridgehead atoms. The van der Waals surface area contributed by atoms with Crippen LogP contribution in [0.5, 0.6) is 0 Å². The molecule has 0 radical (unpaired) electrons. The number of nitrogens with zero attached hydrogens (tertiary/aromatic N) is 1. The van der Waals surface area contributed by atoms with Crippen molar-refractivity contribution in [3.05, 3.63) is 11.1 Å². The zero-order valence-electron chi connectivity index (χ0n) is 17.4. The van der Waals surface area contributed by atoms with Crippen molar-refractivity contribution >= 4 is 11.8 Å². The first-order valence-corrected chi connectivity index (χ1v) is 11.1. The maximum Gasteiger partial charge on any atom is 0.309 e. The third-order valence-corrected chi connectivity index (χ3v) is 9.48. The Morgan fingerprint density at radius 2 is 1.96 bits per heavy atom. The van der Waals surface area contributed by atoms with Gasteiger partial charge in [-0.25, -0.2) is 0 Å². The van der Waals surface area contributed by atoms with E-state index >= 15 is 0 Å². The topological polar surface area (TPSA) is 66.8 Å². The van der Waals surface area contributed by atoms with Gasteiger partial charge in [-0.1, -0.05) is 18.1 Å². The van der Waals surface area contributed by atoms with Crippen LogP contribution in [0.4, 0.5) is 0 Å². The summed E-state index contributed by atoms with van der Waals surface area (Å²) in [6, 6.07) is 0.237. The van der Waals surface area contributed by atoms with E-state index in [1.807, 2.05) is 6.92 Å². The number of hydrogen-bond donors (Lipinski definition) is 1. The Labute approximate surface area is 167 Å². The number of ether oxygens (including phenoxy) is 1. The highest BCUT2D eigenvalue weighted by Crippen LogP contribution is 2.74. The molecule has 0 aromatic rings. The summed E-state index contributed by atoms with van der Waals surface area (Å²) in [4.78, 5) is 28.0. The Bertz CT molecular complexity index is 760. The number of Topliss-reactive ketones (excluding diaryl/α,β-unsaturated/α-hetero) is 1. The SMILES string of the molecule is CCC(=O)C1CC2(CO)C3CCC4=C5C(CC4)C(C(=O)OC)CC52CN(C)C13. The van der Waals surface area contributed by atoms with Gasteiger partial charge in [0.1, 0.15) is 5.78 Å². The van der Waals surface area contributed by atoms with Crippen molar-refractivity contribution < 1.29 is 19.4 Å². The van der Waals surface area contributed by atoms with Crippen LogP contribution in [0.25, 0.3) is 0 Å². The minimum atomic E-state index is -0.262. The first kappa shape index (κ1) is 18.8. The van der Waals surface area contributed by atoms with E-state index in [0.29, 0.717) is 18.1 Å². The molecule has 0 amide bonds. The van der Waals surface area contributed by atoms with E-state index in [-0.39, 0.29) is 47.2 Å². The zero-order chi connectivity index (χ0) is 19.8. The van der Waals surface area contributed by atoms with E-state index in [9.17, 15) is 14.7 Å². The van der Waals surface area contributed by atoms with Crippen LogP contribution in [0, 0.1) is 34.5 Å². The summed E-state index contributed by atoms with van der Waals surface area (Å²) in [5.41, 5.74) is 2.62. The monoisotopic (exact) mass is 387 g/mol. The van der Waals surface area contributed by atoms with Gasteiger partial charge in [-0.2, -0.15) is 0 Å². The molecule has 28 heavy (non-hydrogen) atoms. The van der Waals surface area contributed by atoms with Crippen molar-refractivity contribution in [3.8, 4) is 0 Å². The van der Waals surface area contributed by atoms with E-state index < -0.39 is 0 Å². The van der Waals surface area contributed by atoms with Crippen LogP contribution in [0.2, 0.25) is 0 Å². The van der Waals surface area contributed by atoms with E-state index in [1.54, 1.807) is 5.57 Å². The lowest BCUT2D eigenvalue weighted by molar-refractivity contribution is -0.148. The minimum Gasteiger partial charge on any atom is -0.469 e. The van der Waals surface area contributed by atoms with E-state index in [4.69, 9.17) is 4.74 Å². The average Bonchev–Trinajstić information content (AvgIpc) is 3.32. The number of carbonyl (C=O) groups is 2. The molecule has 3 fully saturated rings. The first-order valence-electron chi connectivity index (χ1n) is 11.1. The molecule has 2 saturated carbocycles. The fourth-order valence-electron chi connectivity index (χ4n) is 8.68. The fraction of sp³-hybridized carbons (Fsp3) is 0.826. The molecule has 5 nitrogen and oxygen atoms in total. The predicted molar refractivity (Wildman–Crippen MR) is 104 cm³/mol. The van der Waals surface area contributed by atoms with Crippen molar-refractivity contribution in [1.29, 1.82) is 0 Å². The summed E-state index contributed by atoms with van der Waals surface area (Å²) >= 11 is 0. The molecule has 154 valence electrons. The number of esters is 1. The third kappa shape index (κ3) is 2.00. The summed E-state index contributed by atoms with van der Waals surface area (Å²) in [6.45, 7) is 2.96. The van der Waals surface area contributed by atoms with Crippen molar-refractivity contribution in [2.75, 3.05) is 27.3 Å². The Morgan fingerprint density at radius 1 is 1.21 bits per heavy atom. The fourth-order valence-corrected chi connectivity index (χ4v) is 8.68. The Balaban J connectivity index is 1.70. The molecule has 5 aliphatic rings. The second-order valence-electron chi connectivity index (χ2n) is 10.1. The van der Waals surface area contributed by atoms with Gasteiger partial charge in [-0.3, -0.25) is 9.59 Å². The van der Waals surface area contributed by atoms with Gasteiger partial charge in [0.15, 0.2) is 0 Å². The molecule has 0 aromatic carbocycles. The van der Waals surface area contributed by atoms with Crippen molar-refractivity contribution in [1.82, 2.24) is 4.90 Å². The molecular weight excluding hydrogens is 354 g/mol. The van der Waals surface area contributed by atoms with Gasteiger partial charge in [0, 0.05) is 42.4 Å². The van der Waals surface area contributed by atoms with Gasteiger partial charge in [0.2, 0.25) is 0 Å². The summed E-state index contributed by atoms with van der Waals surface area (Å²) in [6.07, 6.45) is 6.41. The molecule has 7 unspecified atom stereocenters. The zero-order valence-corrected chi connectivity index (χ0v) is 17.4. The van der Waals surface area contributed by atoms with Gasteiger partial charge >= 0.3 is 5.97 Å². The van der Waals surface area contributed by atoms with E-state index in [0.717, 1.165) is 45.1 Å².